The summed E-state index contributed by atoms with van der Waals surface area (Å²) < 4.78 is 11.8. The van der Waals surface area contributed by atoms with Gasteiger partial charge in [0.25, 0.3) is 11.8 Å². The van der Waals surface area contributed by atoms with Crippen LogP contribution in [0.15, 0.2) is 6.07 Å². The van der Waals surface area contributed by atoms with Crippen molar-refractivity contribution in [3.63, 3.8) is 0 Å². The van der Waals surface area contributed by atoms with Crippen molar-refractivity contribution in [1.82, 2.24) is 10.2 Å². The number of amides is 2. The van der Waals surface area contributed by atoms with E-state index in [-0.39, 0.29) is 29.6 Å². The molecule has 1 N–H and O–H groups in total. The number of rotatable bonds is 3. The maximum atomic E-state index is 12.6. The summed E-state index contributed by atoms with van der Waals surface area (Å²) in [5.74, 6) is 0.117. The minimum absolute atomic E-state index is 0.00875. The van der Waals surface area contributed by atoms with Crippen LogP contribution in [0, 0.1) is 0 Å². The number of carbonyl (C=O) groups excluding carboxylic acids is 2. The number of nitrogens with zero attached hydrogens (tertiary/aromatic N) is 1. The van der Waals surface area contributed by atoms with E-state index in [9.17, 15) is 9.59 Å². The molecule has 7 heteroatoms. The Labute approximate surface area is 164 Å². The normalized spacial score (nSPS) is 24.3. The number of carbonyl (C=O) groups is 2. The highest BCUT2D eigenvalue weighted by Gasteiger charge is 2.44. The Kier molecular flexibility index (Phi) is 5.27. The monoisotopic (exact) mass is 392 g/mol. The van der Waals surface area contributed by atoms with E-state index < -0.39 is 0 Å². The smallest absolute Gasteiger partial charge is 0.261 e. The third-order valence-electron chi connectivity index (χ3n) is 5.74. The van der Waals surface area contributed by atoms with E-state index >= 15 is 0 Å². The Morgan fingerprint density at radius 1 is 1.30 bits per heavy atom. The van der Waals surface area contributed by atoms with E-state index in [4.69, 9.17) is 9.47 Å². The van der Waals surface area contributed by atoms with Crippen LogP contribution in [-0.4, -0.2) is 55.2 Å². The predicted molar refractivity (Wildman–Crippen MR) is 103 cm³/mol. The molecule has 1 aromatic heterocycles. The average Bonchev–Trinajstić information content (AvgIpc) is 3.32. The summed E-state index contributed by atoms with van der Waals surface area (Å²) >= 11 is 1.59. The number of ether oxygens (including phenoxy) is 2. The van der Waals surface area contributed by atoms with E-state index in [0.717, 1.165) is 42.5 Å². The second-order valence-electron chi connectivity index (χ2n) is 8.00. The van der Waals surface area contributed by atoms with Crippen molar-refractivity contribution in [2.75, 3.05) is 26.3 Å². The van der Waals surface area contributed by atoms with Crippen molar-refractivity contribution in [1.29, 1.82) is 0 Å². The summed E-state index contributed by atoms with van der Waals surface area (Å²) in [7, 11) is 0. The molecular weight excluding hydrogens is 364 g/mol. The zero-order valence-corrected chi connectivity index (χ0v) is 16.9. The van der Waals surface area contributed by atoms with Gasteiger partial charge in [0, 0.05) is 37.0 Å². The van der Waals surface area contributed by atoms with E-state index in [1.54, 1.807) is 11.3 Å². The lowest BCUT2D eigenvalue weighted by molar-refractivity contribution is -0.149. The number of hydrogen-bond acceptors (Lipinski definition) is 5. The van der Waals surface area contributed by atoms with Gasteiger partial charge in [-0.2, -0.15) is 0 Å². The molecule has 1 aromatic rings. The van der Waals surface area contributed by atoms with Gasteiger partial charge in [-0.1, -0.05) is 0 Å². The Bertz CT molecular complexity index is 716. The van der Waals surface area contributed by atoms with Crippen LogP contribution < -0.4 is 5.32 Å². The topological polar surface area (TPSA) is 67.9 Å². The van der Waals surface area contributed by atoms with Crippen LogP contribution in [0.1, 0.15) is 59.6 Å². The summed E-state index contributed by atoms with van der Waals surface area (Å²) in [6.45, 7) is 6.67. The van der Waals surface area contributed by atoms with Crippen molar-refractivity contribution in [3.05, 3.63) is 21.4 Å². The predicted octanol–water partition coefficient (Wildman–Crippen LogP) is 2.46. The van der Waals surface area contributed by atoms with Gasteiger partial charge in [-0.05, 0) is 51.2 Å². The zero-order valence-electron chi connectivity index (χ0n) is 16.1. The number of fused-ring (bicyclic) bond motifs is 2. The van der Waals surface area contributed by atoms with Gasteiger partial charge >= 0.3 is 0 Å². The number of piperidine rings is 1. The third kappa shape index (κ3) is 3.65. The number of nitrogens with one attached hydrogen (secondary N) is 1. The molecule has 148 valence electrons. The molecular formula is C20H28N2O4S. The van der Waals surface area contributed by atoms with Crippen molar-refractivity contribution >= 4 is 23.2 Å². The molecule has 0 bridgehead atoms. The highest BCUT2D eigenvalue weighted by Crippen LogP contribution is 2.44. The third-order valence-corrected chi connectivity index (χ3v) is 6.93. The first kappa shape index (κ1) is 18.9. The Balaban J connectivity index is 1.48. The van der Waals surface area contributed by atoms with E-state index in [2.05, 4.69) is 5.32 Å². The van der Waals surface area contributed by atoms with Crippen molar-refractivity contribution in [3.8, 4) is 0 Å². The van der Waals surface area contributed by atoms with Crippen LogP contribution in [0.25, 0.3) is 0 Å². The average molecular weight is 393 g/mol. The fourth-order valence-electron chi connectivity index (χ4n) is 4.34. The Morgan fingerprint density at radius 2 is 2.07 bits per heavy atom. The molecule has 3 aliphatic rings. The minimum Gasteiger partial charge on any atom is -0.370 e. The Hall–Kier alpha value is -1.44. The van der Waals surface area contributed by atoms with E-state index in [1.807, 2.05) is 24.8 Å². The van der Waals surface area contributed by atoms with Gasteiger partial charge in [-0.15, -0.1) is 11.3 Å². The quantitative estimate of drug-likeness (QED) is 0.858. The molecule has 4 rings (SSSR count). The second-order valence-corrected chi connectivity index (χ2v) is 9.13. The molecule has 1 unspecified atom stereocenters. The van der Waals surface area contributed by atoms with Crippen molar-refractivity contribution in [2.24, 2.45) is 0 Å². The van der Waals surface area contributed by atoms with E-state index in [0.29, 0.717) is 26.3 Å². The largest absolute Gasteiger partial charge is 0.370 e. The molecule has 1 spiro atoms. The lowest BCUT2D eigenvalue weighted by Crippen LogP contribution is -2.50. The molecule has 2 amide bonds. The molecule has 2 saturated heterocycles. The van der Waals surface area contributed by atoms with Crippen LogP contribution in [-0.2, 0) is 26.3 Å². The molecule has 1 atom stereocenters. The van der Waals surface area contributed by atoms with Crippen LogP contribution >= 0.6 is 11.3 Å². The fourth-order valence-corrected chi connectivity index (χ4v) is 5.47. The van der Waals surface area contributed by atoms with Crippen molar-refractivity contribution in [2.45, 2.75) is 63.7 Å². The van der Waals surface area contributed by atoms with Gasteiger partial charge in [0.05, 0.1) is 17.1 Å². The second kappa shape index (κ2) is 7.53. The molecule has 0 saturated carbocycles. The Morgan fingerprint density at radius 3 is 2.74 bits per heavy atom. The number of thiophene rings is 1. The summed E-state index contributed by atoms with van der Waals surface area (Å²) in [6.07, 6.45) is 3.96. The number of likely N-dealkylation sites (tertiary alicyclic amines) is 1. The summed E-state index contributed by atoms with van der Waals surface area (Å²) in [5, 5.41) is 2.98. The van der Waals surface area contributed by atoms with Crippen LogP contribution in [0.4, 0.5) is 0 Å². The molecule has 0 aromatic carbocycles. The number of hydrogen-bond donors (Lipinski definition) is 1. The van der Waals surface area contributed by atoms with Gasteiger partial charge in [-0.3, -0.25) is 9.59 Å². The van der Waals surface area contributed by atoms with Gasteiger partial charge in [0.15, 0.2) is 0 Å². The zero-order chi connectivity index (χ0) is 19.0. The molecule has 0 radical (unpaired) electrons. The van der Waals surface area contributed by atoms with Crippen LogP contribution in [0.5, 0.6) is 0 Å². The summed E-state index contributed by atoms with van der Waals surface area (Å²) in [6, 6.07) is 2.14. The standard InChI is InChI=1S/C20H28N2O4S/c1-13(2)21-18(23)17-12-14-16(27-17)5-11-26-20(14)6-8-22(9-7-20)19(24)15-4-3-10-25-15/h12-13,15H,3-11H2,1-2H3,(H,21,23). The molecule has 4 heterocycles. The summed E-state index contributed by atoms with van der Waals surface area (Å²) in [5.41, 5.74) is 0.810. The SMILES string of the molecule is CC(C)NC(=O)c1cc2c(s1)CCOC21CCN(C(=O)C2CCCO2)CC1. The lowest BCUT2D eigenvalue weighted by atomic mass is 9.82. The van der Waals surface area contributed by atoms with Gasteiger partial charge in [0.1, 0.15) is 6.10 Å². The molecule has 27 heavy (non-hydrogen) atoms. The molecule has 0 aliphatic carbocycles. The first-order valence-corrected chi connectivity index (χ1v) is 10.8. The fraction of sp³-hybridized carbons (Fsp3) is 0.700. The van der Waals surface area contributed by atoms with Gasteiger partial charge in [0.2, 0.25) is 0 Å². The molecule has 2 fully saturated rings. The highest BCUT2D eigenvalue weighted by molar-refractivity contribution is 7.14. The summed E-state index contributed by atoms with van der Waals surface area (Å²) in [4.78, 5) is 29.0. The minimum atomic E-state index is -0.353. The van der Waals surface area contributed by atoms with Gasteiger partial charge < -0.3 is 19.7 Å². The molecule has 3 aliphatic heterocycles. The van der Waals surface area contributed by atoms with Crippen molar-refractivity contribution < 1.29 is 19.1 Å². The van der Waals surface area contributed by atoms with Gasteiger partial charge in [-0.25, -0.2) is 0 Å². The molecule has 6 nitrogen and oxygen atoms in total. The maximum absolute atomic E-state index is 12.6. The highest BCUT2D eigenvalue weighted by atomic mass is 32.1. The van der Waals surface area contributed by atoms with E-state index in [1.165, 1.54) is 4.88 Å². The first-order chi connectivity index (χ1) is 13.0. The maximum Gasteiger partial charge on any atom is 0.261 e. The lowest BCUT2D eigenvalue weighted by Gasteiger charge is -2.44. The van der Waals surface area contributed by atoms with Crippen LogP contribution in [0.3, 0.4) is 0 Å². The first-order valence-electron chi connectivity index (χ1n) is 9.97. The van der Waals surface area contributed by atoms with Crippen LogP contribution in [0.2, 0.25) is 0 Å².